The molecule has 0 saturated carbocycles. The van der Waals surface area contributed by atoms with Gasteiger partial charge in [0.2, 0.25) is 23.2 Å². The van der Waals surface area contributed by atoms with Crippen molar-refractivity contribution >= 4 is 23.4 Å². The van der Waals surface area contributed by atoms with Crippen LogP contribution in [0.5, 0.6) is 5.88 Å². The van der Waals surface area contributed by atoms with Crippen molar-refractivity contribution in [2.45, 2.75) is 24.5 Å². The van der Waals surface area contributed by atoms with Crippen molar-refractivity contribution in [1.29, 1.82) is 0 Å². The molecular weight excluding hydrogens is 481 g/mol. The quantitative estimate of drug-likeness (QED) is 0.321. The van der Waals surface area contributed by atoms with E-state index in [2.05, 4.69) is 15.2 Å². The number of furan rings is 1. The Hall–Kier alpha value is -3.86. The number of amides is 1. The van der Waals surface area contributed by atoms with Gasteiger partial charge in [-0.1, -0.05) is 42.1 Å². The Morgan fingerprint density at radius 2 is 1.86 bits per heavy atom. The van der Waals surface area contributed by atoms with Gasteiger partial charge in [-0.2, -0.15) is 18.2 Å². The Labute approximate surface area is 201 Å². The number of carbonyl (C=O) groups is 1. The smallest absolute Gasteiger partial charge is 0.416 e. The van der Waals surface area contributed by atoms with Crippen LogP contribution in [0.3, 0.4) is 0 Å². The number of ether oxygens (including phenoxy) is 1. The molecule has 0 aliphatic carbocycles. The molecule has 35 heavy (non-hydrogen) atoms. The summed E-state index contributed by atoms with van der Waals surface area (Å²) in [7, 11) is 0. The van der Waals surface area contributed by atoms with Gasteiger partial charge in [0.05, 0.1) is 11.3 Å². The number of benzene rings is 2. The van der Waals surface area contributed by atoms with Crippen LogP contribution >= 0.6 is 11.8 Å². The number of carbonyl (C=O) groups excluding carboxylic acids is 1. The summed E-state index contributed by atoms with van der Waals surface area (Å²) >= 11 is 1.28. The van der Waals surface area contributed by atoms with E-state index in [0.29, 0.717) is 22.1 Å². The Morgan fingerprint density at radius 1 is 1.06 bits per heavy atom. The maximum atomic E-state index is 13.2. The monoisotopic (exact) mass is 498 g/mol. The Balaban J connectivity index is 1.63. The van der Waals surface area contributed by atoms with Crippen molar-refractivity contribution in [2.24, 2.45) is 0 Å². The molecule has 0 bridgehead atoms. The fourth-order valence-corrected chi connectivity index (χ4v) is 4.11. The lowest BCUT2D eigenvalue weighted by molar-refractivity contribution is -0.137. The van der Waals surface area contributed by atoms with Crippen molar-refractivity contribution in [3.63, 3.8) is 0 Å². The summed E-state index contributed by atoms with van der Waals surface area (Å²) in [5.74, 6) is 0.217. The number of para-hydroxylation sites is 1. The van der Waals surface area contributed by atoms with Gasteiger partial charge in [-0.15, -0.1) is 10.2 Å². The first kappa shape index (κ1) is 22.9. The number of nitrogens with zero attached hydrogens (tertiary/aromatic N) is 4. The van der Waals surface area contributed by atoms with Gasteiger partial charge >= 0.3 is 6.18 Å². The molecule has 11 heteroatoms. The minimum atomic E-state index is -4.49. The van der Waals surface area contributed by atoms with Crippen LogP contribution in [0.4, 0.5) is 18.9 Å². The lowest BCUT2D eigenvalue weighted by Crippen LogP contribution is -2.35. The number of aromatic nitrogens is 3. The number of halogens is 3. The summed E-state index contributed by atoms with van der Waals surface area (Å²) in [6, 6.07) is 15.0. The predicted octanol–water partition coefficient (Wildman–Crippen LogP) is 5.98. The van der Waals surface area contributed by atoms with Gasteiger partial charge in [0, 0.05) is 18.1 Å². The van der Waals surface area contributed by atoms with Crippen LogP contribution in [0, 0.1) is 0 Å². The number of hydrogen-bond acceptors (Lipinski definition) is 7. The van der Waals surface area contributed by atoms with Gasteiger partial charge < -0.3 is 9.15 Å². The van der Waals surface area contributed by atoms with E-state index in [4.69, 9.17) is 9.15 Å². The van der Waals surface area contributed by atoms with Gasteiger partial charge in [0.15, 0.2) is 11.5 Å². The Kier molecular flexibility index (Phi) is 5.72. The van der Waals surface area contributed by atoms with Crippen LogP contribution < -0.4 is 9.64 Å². The molecule has 1 atom stereocenters. The number of rotatable bonds is 3. The fourth-order valence-electron chi connectivity index (χ4n) is 3.81. The van der Waals surface area contributed by atoms with Crippen LogP contribution in [0.15, 0.2) is 70.2 Å². The molecule has 7 nitrogen and oxygen atoms in total. The van der Waals surface area contributed by atoms with Gasteiger partial charge in [-0.25, -0.2) is 0 Å². The molecule has 2 aromatic heterocycles. The number of thioether (sulfide) groups is 1. The molecule has 1 aliphatic heterocycles. The summed E-state index contributed by atoms with van der Waals surface area (Å²) in [5, 5.41) is 8.73. The highest BCUT2D eigenvalue weighted by atomic mass is 32.2. The van der Waals surface area contributed by atoms with Crippen molar-refractivity contribution in [3.05, 3.63) is 72.0 Å². The van der Waals surface area contributed by atoms with Gasteiger partial charge in [0.1, 0.15) is 5.76 Å². The van der Waals surface area contributed by atoms with Crippen LogP contribution in [0.2, 0.25) is 0 Å². The molecule has 0 saturated heterocycles. The van der Waals surface area contributed by atoms with Crippen LogP contribution in [0.1, 0.15) is 24.5 Å². The topological polar surface area (TPSA) is 81.3 Å². The maximum absolute atomic E-state index is 13.2. The van der Waals surface area contributed by atoms with Crippen molar-refractivity contribution in [3.8, 4) is 28.5 Å². The first-order valence-electron chi connectivity index (χ1n) is 10.4. The van der Waals surface area contributed by atoms with E-state index in [9.17, 15) is 18.0 Å². The second-order valence-electron chi connectivity index (χ2n) is 7.61. The molecule has 0 fully saturated rings. The summed E-state index contributed by atoms with van der Waals surface area (Å²) < 4.78 is 51.7. The minimum Gasteiger partial charge on any atom is -0.455 e. The summed E-state index contributed by atoms with van der Waals surface area (Å²) in [6.07, 6.45) is -3.78. The third-order valence-electron chi connectivity index (χ3n) is 5.38. The zero-order valence-electron chi connectivity index (χ0n) is 18.4. The number of fused-ring (bicyclic) bond motifs is 3. The highest BCUT2D eigenvalue weighted by Crippen LogP contribution is 2.44. The molecule has 0 radical (unpaired) electrons. The molecule has 0 unspecified atom stereocenters. The number of hydrogen-bond donors (Lipinski definition) is 0. The second-order valence-corrected chi connectivity index (χ2v) is 8.38. The molecular formula is C24H17F3N4O3S. The van der Waals surface area contributed by atoms with E-state index in [1.165, 1.54) is 41.8 Å². The molecule has 1 amide bonds. The van der Waals surface area contributed by atoms with Gasteiger partial charge in [-0.3, -0.25) is 9.69 Å². The SMILES string of the molecule is CSc1nnc2c(n1)O[C@H](c1ccc(-c3cccc(C(F)(F)F)c3)o1)N(C(C)=O)c1ccccc1-2. The maximum Gasteiger partial charge on any atom is 0.416 e. The molecule has 0 N–H and O–H groups in total. The van der Waals surface area contributed by atoms with Crippen LogP contribution in [-0.2, 0) is 11.0 Å². The second kappa shape index (κ2) is 8.73. The lowest BCUT2D eigenvalue weighted by atomic mass is 10.1. The van der Waals surface area contributed by atoms with E-state index in [1.807, 2.05) is 0 Å². The fraction of sp³-hybridized carbons (Fsp3) is 0.167. The van der Waals surface area contributed by atoms with E-state index < -0.39 is 18.0 Å². The largest absolute Gasteiger partial charge is 0.455 e. The molecule has 4 aromatic rings. The van der Waals surface area contributed by atoms with Crippen molar-refractivity contribution in [1.82, 2.24) is 15.2 Å². The third kappa shape index (κ3) is 4.23. The van der Waals surface area contributed by atoms with E-state index >= 15 is 0 Å². The Bertz CT molecular complexity index is 1420. The highest BCUT2D eigenvalue weighted by molar-refractivity contribution is 7.98. The summed E-state index contributed by atoms with van der Waals surface area (Å²) in [5.41, 5.74) is 0.908. The first-order chi connectivity index (χ1) is 16.8. The zero-order valence-corrected chi connectivity index (χ0v) is 19.2. The normalized spacial score (nSPS) is 15.1. The van der Waals surface area contributed by atoms with E-state index in [-0.39, 0.29) is 28.9 Å². The highest BCUT2D eigenvalue weighted by Gasteiger charge is 2.36. The standard InChI is InChI=1S/C24H17F3N4O3S/c1-13(32)31-17-9-4-3-8-16(17)20-21(28-23(35-2)30-29-20)34-22(31)19-11-10-18(33-19)14-6-5-7-15(12-14)24(25,26)27/h3-12,22H,1-2H3/t22-/m1/s1. The molecule has 178 valence electrons. The van der Waals surface area contributed by atoms with Crippen LogP contribution in [0.25, 0.3) is 22.6 Å². The Morgan fingerprint density at radius 3 is 2.60 bits per heavy atom. The molecule has 2 aromatic carbocycles. The molecule has 3 heterocycles. The van der Waals surface area contributed by atoms with Crippen molar-refractivity contribution < 1.29 is 27.1 Å². The lowest BCUT2D eigenvalue weighted by Gasteiger charge is -2.28. The van der Waals surface area contributed by atoms with Crippen molar-refractivity contribution in [2.75, 3.05) is 11.2 Å². The van der Waals surface area contributed by atoms with E-state index in [1.54, 1.807) is 36.6 Å². The molecule has 0 spiro atoms. The minimum absolute atomic E-state index is 0.155. The van der Waals surface area contributed by atoms with Gasteiger partial charge in [-0.05, 0) is 36.6 Å². The molecule has 1 aliphatic rings. The van der Waals surface area contributed by atoms with Crippen LogP contribution in [-0.4, -0.2) is 27.3 Å². The number of alkyl halides is 3. The third-order valence-corrected chi connectivity index (χ3v) is 5.92. The summed E-state index contributed by atoms with van der Waals surface area (Å²) in [4.78, 5) is 18.6. The first-order valence-corrected chi connectivity index (χ1v) is 11.6. The summed E-state index contributed by atoms with van der Waals surface area (Å²) in [6.45, 7) is 1.38. The zero-order chi connectivity index (χ0) is 24.7. The average Bonchev–Trinajstić information content (AvgIpc) is 3.28. The molecule has 5 rings (SSSR count). The van der Waals surface area contributed by atoms with Gasteiger partial charge in [0.25, 0.3) is 0 Å². The average molecular weight is 498 g/mol. The number of anilines is 1. The van der Waals surface area contributed by atoms with E-state index in [0.717, 1.165) is 12.1 Å². The predicted molar refractivity (Wildman–Crippen MR) is 123 cm³/mol.